The molecule has 0 spiro atoms. The lowest BCUT2D eigenvalue weighted by Crippen LogP contribution is -2.42. The first-order valence-corrected chi connectivity index (χ1v) is 6.55. The molecule has 2 N–H and O–H groups in total. The average Bonchev–Trinajstić information content (AvgIpc) is 2.32. The maximum absolute atomic E-state index is 3.52. The highest BCUT2D eigenvalue weighted by Gasteiger charge is 2.13. The van der Waals surface area contributed by atoms with Crippen LogP contribution in [0, 0.1) is 0 Å². The molecule has 1 heterocycles. The number of benzene rings is 1. The molecule has 0 bridgehead atoms. The minimum absolute atomic E-state index is 0. The van der Waals surface area contributed by atoms with E-state index in [2.05, 4.69) is 41.8 Å². The fourth-order valence-electron chi connectivity index (χ4n) is 1.85. The molecule has 16 heavy (non-hydrogen) atoms. The summed E-state index contributed by atoms with van der Waals surface area (Å²) >= 11 is 1.89. The van der Waals surface area contributed by atoms with Gasteiger partial charge in [0, 0.05) is 30.6 Å². The summed E-state index contributed by atoms with van der Waals surface area (Å²) < 4.78 is 0. The highest BCUT2D eigenvalue weighted by Crippen LogP contribution is 2.21. The topological polar surface area (TPSA) is 24.1 Å². The third-order valence-electron chi connectivity index (χ3n) is 2.63. The van der Waals surface area contributed by atoms with Crippen LogP contribution >= 0.6 is 24.2 Å². The van der Waals surface area contributed by atoms with Crippen molar-refractivity contribution in [1.82, 2.24) is 10.6 Å². The van der Waals surface area contributed by atoms with Gasteiger partial charge in [-0.15, -0.1) is 24.2 Å². The van der Waals surface area contributed by atoms with E-state index < -0.39 is 0 Å². The fourth-order valence-corrected chi connectivity index (χ4v) is 2.51. The summed E-state index contributed by atoms with van der Waals surface area (Å²) in [6.45, 7) is 5.38. The molecule has 0 amide bonds. The zero-order valence-corrected chi connectivity index (χ0v) is 11.2. The minimum Gasteiger partial charge on any atom is -0.314 e. The van der Waals surface area contributed by atoms with Crippen LogP contribution in [0.3, 0.4) is 0 Å². The highest BCUT2D eigenvalue weighted by molar-refractivity contribution is 7.99. The standard InChI is InChI=1S/C12H18N2S.ClH/c1-2-15-11-5-3-10(4-6-11)12-9-13-7-8-14-12;/h3-6,12-14H,2,7-9H2,1H3;1H/t12-;/m0./s1. The Morgan fingerprint density at radius 3 is 2.56 bits per heavy atom. The lowest BCUT2D eigenvalue weighted by atomic mass is 10.1. The number of thioether (sulfide) groups is 1. The fraction of sp³-hybridized carbons (Fsp3) is 0.500. The third-order valence-corrected chi connectivity index (χ3v) is 3.53. The first kappa shape index (κ1) is 13.8. The molecule has 0 unspecified atom stereocenters. The molecule has 4 heteroatoms. The van der Waals surface area contributed by atoms with E-state index >= 15 is 0 Å². The van der Waals surface area contributed by atoms with Gasteiger partial charge in [-0.3, -0.25) is 0 Å². The maximum Gasteiger partial charge on any atom is 0.0447 e. The van der Waals surface area contributed by atoms with Crippen LogP contribution in [0.25, 0.3) is 0 Å². The van der Waals surface area contributed by atoms with Gasteiger partial charge in [-0.05, 0) is 23.4 Å². The first-order valence-electron chi connectivity index (χ1n) is 5.57. The molecule has 1 aliphatic heterocycles. The van der Waals surface area contributed by atoms with Crippen LogP contribution in [-0.2, 0) is 0 Å². The average molecular weight is 259 g/mol. The molecule has 0 aliphatic carbocycles. The van der Waals surface area contributed by atoms with Crippen LogP contribution in [-0.4, -0.2) is 25.4 Å². The predicted molar refractivity (Wildman–Crippen MR) is 73.7 cm³/mol. The number of halogens is 1. The smallest absolute Gasteiger partial charge is 0.0447 e. The van der Waals surface area contributed by atoms with Crippen molar-refractivity contribution in [2.45, 2.75) is 17.9 Å². The molecule has 0 aromatic heterocycles. The van der Waals surface area contributed by atoms with E-state index in [1.165, 1.54) is 10.5 Å². The molecule has 1 saturated heterocycles. The van der Waals surface area contributed by atoms with Crippen LogP contribution in [0.5, 0.6) is 0 Å². The number of rotatable bonds is 3. The lowest BCUT2D eigenvalue weighted by molar-refractivity contribution is 0.430. The van der Waals surface area contributed by atoms with Gasteiger partial charge in [0.05, 0.1) is 0 Å². The van der Waals surface area contributed by atoms with Crippen molar-refractivity contribution >= 4 is 24.2 Å². The van der Waals surface area contributed by atoms with E-state index in [4.69, 9.17) is 0 Å². The summed E-state index contributed by atoms with van der Waals surface area (Å²) in [6.07, 6.45) is 0. The van der Waals surface area contributed by atoms with Crippen molar-refractivity contribution in [3.05, 3.63) is 29.8 Å². The van der Waals surface area contributed by atoms with Crippen LogP contribution in [0.4, 0.5) is 0 Å². The highest BCUT2D eigenvalue weighted by atomic mass is 35.5. The lowest BCUT2D eigenvalue weighted by Gasteiger charge is -2.24. The molecule has 2 rings (SSSR count). The molecular formula is C12H19ClN2S. The van der Waals surface area contributed by atoms with E-state index in [-0.39, 0.29) is 12.4 Å². The second kappa shape index (κ2) is 7.17. The Balaban J connectivity index is 0.00000128. The SMILES string of the molecule is CCSc1ccc([C@@H]2CNCCN2)cc1.Cl. The van der Waals surface area contributed by atoms with Gasteiger partial charge in [0.25, 0.3) is 0 Å². The summed E-state index contributed by atoms with van der Waals surface area (Å²) in [7, 11) is 0. The van der Waals surface area contributed by atoms with E-state index in [9.17, 15) is 0 Å². The zero-order chi connectivity index (χ0) is 10.5. The van der Waals surface area contributed by atoms with E-state index in [1.54, 1.807) is 0 Å². The molecule has 1 atom stereocenters. The van der Waals surface area contributed by atoms with Gasteiger partial charge in [-0.25, -0.2) is 0 Å². The molecule has 0 radical (unpaired) electrons. The van der Waals surface area contributed by atoms with Gasteiger partial charge in [-0.1, -0.05) is 19.1 Å². The monoisotopic (exact) mass is 258 g/mol. The molecular weight excluding hydrogens is 240 g/mol. The largest absolute Gasteiger partial charge is 0.314 e. The quantitative estimate of drug-likeness (QED) is 0.815. The Labute approximate surface area is 108 Å². The summed E-state index contributed by atoms with van der Waals surface area (Å²) in [5, 5.41) is 6.92. The first-order chi connectivity index (χ1) is 7.40. The Bertz CT molecular complexity index is 296. The molecule has 1 aliphatic rings. The second-order valence-corrected chi connectivity index (χ2v) is 5.05. The van der Waals surface area contributed by atoms with Crippen LogP contribution in [0.1, 0.15) is 18.5 Å². The summed E-state index contributed by atoms with van der Waals surface area (Å²) in [5.41, 5.74) is 1.39. The van der Waals surface area contributed by atoms with Gasteiger partial charge in [0.15, 0.2) is 0 Å². The Hall–Kier alpha value is -0.220. The number of hydrogen-bond acceptors (Lipinski definition) is 3. The number of hydrogen-bond donors (Lipinski definition) is 2. The van der Waals surface area contributed by atoms with E-state index in [0.717, 1.165) is 25.4 Å². The number of nitrogens with one attached hydrogen (secondary N) is 2. The van der Waals surface area contributed by atoms with Crippen molar-refractivity contribution in [2.24, 2.45) is 0 Å². The van der Waals surface area contributed by atoms with E-state index in [1.807, 2.05) is 11.8 Å². The van der Waals surface area contributed by atoms with Gasteiger partial charge in [-0.2, -0.15) is 0 Å². The summed E-state index contributed by atoms with van der Waals surface area (Å²) in [6, 6.07) is 9.41. The van der Waals surface area contributed by atoms with Gasteiger partial charge in [0.2, 0.25) is 0 Å². The molecule has 1 fully saturated rings. The molecule has 1 aromatic rings. The van der Waals surface area contributed by atoms with Crippen LogP contribution < -0.4 is 10.6 Å². The van der Waals surface area contributed by atoms with Crippen molar-refractivity contribution in [3.8, 4) is 0 Å². The maximum atomic E-state index is 3.52. The Kier molecular flexibility index (Phi) is 6.21. The predicted octanol–water partition coefficient (Wildman–Crippen LogP) is 2.45. The summed E-state index contributed by atoms with van der Waals surface area (Å²) in [5.74, 6) is 1.14. The summed E-state index contributed by atoms with van der Waals surface area (Å²) in [4.78, 5) is 1.37. The van der Waals surface area contributed by atoms with Gasteiger partial charge in [0.1, 0.15) is 0 Å². The Morgan fingerprint density at radius 2 is 2.00 bits per heavy atom. The second-order valence-electron chi connectivity index (χ2n) is 3.71. The number of piperazine rings is 1. The molecule has 0 saturated carbocycles. The molecule has 1 aromatic carbocycles. The minimum atomic E-state index is 0. The van der Waals surface area contributed by atoms with Crippen molar-refractivity contribution in [2.75, 3.05) is 25.4 Å². The van der Waals surface area contributed by atoms with Crippen LogP contribution in [0.2, 0.25) is 0 Å². The normalized spacial score (nSPS) is 20.2. The van der Waals surface area contributed by atoms with Gasteiger partial charge < -0.3 is 10.6 Å². The van der Waals surface area contributed by atoms with E-state index in [0.29, 0.717) is 6.04 Å². The van der Waals surface area contributed by atoms with Crippen molar-refractivity contribution in [1.29, 1.82) is 0 Å². The zero-order valence-electron chi connectivity index (χ0n) is 9.53. The molecule has 2 nitrogen and oxygen atoms in total. The van der Waals surface area contributed by atoms with Crippen LogP contribution in [0.15, 0.2) is 29.2 Å². The Morgan fingerprint density at radius 1 is 1.25 bits per heavy atom. The molecule has 90 valence electrons. The van der Waals surface area contributed by atoms with Crippen molar-refractivity contribution in [3.63, 3.8) is 0 Å². The van der Waals surface area contributed by atoms with Crippen molar-refractivity contribution < 1.29 is 0 Å². The van der Waals surface area contributed by atoms with Gasteiger partial charge >= 0.3 is 0 Å². The third kappa shape index (κ3) is 3.67.